The van der Waals surface area contributed by atoms with Crippen molar-refractivity contribution in [1.29, 1.82) is 0 Å². The smallest absolute Gasteiger partial charge is 0.0637 e. The van der Waals surface area contributed by atoms with E-state index in [1.165, 1.54) is 24.1 Å². The lowest BCUT2D eigenvalue weighted by Crippen LogP contribution is -2.36. The van der Waals surface area contributed by atoms with Gasteiger partial charge in [0.05, 0.1) is 18.5 Å². The lowest BCUT2D eigenvalue weighted by atomic mass is 10.1. The molecule has 1 saturated carbocycles. The van der Waals surface area contributed by atoms with Crippen LogP contribution in [0.15, 0.2) is 18.5 Å². The SMILES string of the molecule is COCCN(c1cnccc1CNC(C)(C)C)C1CC1. The maximum absolute atomic E-state index is 5.25. The van der Waals surface area contributed by atoms with Crippen LogP contribution in [0.2, 0.25) is 0 Å². The Labute approximate surface area is 122 Å². The van der Waals surface area contributed by atoms with Gasteiger partial charge in [0.25, 0.3) is 0 Å². The Bertz CT molecular complexity index is 424. The fourth-order valence-corrected chi connectivity index (χ4v) is 2.26. The quantitative estimate of drug-likeness (QED) is 0.831. The molecule has 1 N–H and O–H groups in total. The first-order chi connectivity index (χ1) is 9.51. The van der Waals surface area contributed by atoms with Gasteiger partial charge in [0.15, 0.2) is 0 Å². The first-order valence-electron chi connectivity index (χ1n) is 7.45. The van der Waals surface area contributed by atoms with Gasteiger partial charge in [0.1, 0.15) is 0 Å². The van der Waals surface area contributed by atoms with E-state index in [-0.39, 0.29) is 5.54 Å². The van der Waals surface area contributed by atoms with E-state index in [0.717, 1.165) is 19.7 Å². The highest BCUT2D eigenvalue weighted by atomic mass is 16.5. The second-order valence-corrected chi connectivity index (χ2v) is 6.53. The highest BCUT2D eigenvalue weighted by molar-refractivity contribution is 5.53. The van der Waals surface area contributed by atoms with Crippen LogP contribution < -0.4 is 10.2 Å². The number of anilines is 1. The molecule has 1 aliphatic rings. The van der Waals surface area contributed by atoms with Crippen LogP contribution in [0, 0.1) is 0 Å². The largest absolute Gasteiger partial charge is 0.383 e. The van der Waals surface area contributed by atoms with Gasteiger partial charge in [-0.25, -0.2) is 0 Å². The third kappa shape index (κ3) is 4.46. The fraction of sp³-hybridized carbons (Fsp3) is 0.688. The van der Waals surface area contributed by atoms with Crippen LogP contribution in [0.3, 0.4) is 0 Å². The highest BCUT2D eigenvalue weighted by Crippen LogP contribution is 2.33. The van der Waals surface area contributed by atoms with Crippen molar-refractivity contribution < 1.29 is 4.74 Å². The minimum atomic E-state index is 0.123. The van der Waals surface area contributed by atoms with Gasteiger partial charge < -0.3 is 15.0 Å². The number of nitrogens with one attached hydrogen (secondary N) is 1. The predicted molar refractivity (Wildman–Crippen MR) is 83.1 cm³/mol. The molecule has 0 spiro atoms. The topological polar surface area (TPSA) is 37.4 Å². The molecular weight excluding hydrogens is 250 g/mol. The molecule has 0 radical (unpaired) electrons. The van der Waals surface area contributed by atoms with Gasteiger partial charge >= 0.3 is 0 Å². The molecule has 0 unspecified atom stereocenters. The summed E-state index contributed by atoms with van der Waals surface area (Å²) in [5, 5.41) is 3.56. The van der Waals surface area contributed by atoms with Gasteiger partial charge in [-0.15, -0.1) is 0 Å². The van der Waals surface area contributed by atoms with Crippen molar-refractivity contribution in [2.45, 2.75) is 51.7 Å². The van der Waals surface area contributed by atoms with Crippen molar-refractivity contribution in [2.75, 3.05) is 25.2 Å². The van der Waals surface area contributed by atoms with Crippen molar-refractivity contribution in [2.24, 2.45) is 0 Å². The number of nitrogens with zero attached hydrogens (tertiary/aromatic N) is 2. The second kappa shape index (κ2) is 6.55. The number of rotatable bonds is 7. The van der Waals surface area contributed by atoms with Crippen LogP contribution in [0.5, 0.6) is 0 Å². The lowest BCUT2D eigenvalue weighted by Gasteiger charge is -2.28. The Morgan fingerprint density at radius 1 is 1.40 bits per heavy atom. The molecule has 0 saturated heterocycles. The van der Waals surface area contributed by atoms with Crippen LogP contribution >= 0.6 is 0 Å². The molecule has 0 amide bonds. The molecule has 1 fully saturated rings. The van der Waals surface area contributed by atoms with Crippen molar-refractivity contribution in [3.8, 4) is 0 Å². The van der Waals surface area contributed by atoms with Crippen molar-refractivity contribution in [3.05, 3.63) is 24.0 Å². The molecule has 0 bridgehead atoms. The molecule has 20 heavy (non-hydrogen) atoms. The van der Waals surface area contributed by atoms with E-state index < -0.39 is 0 Å². The summed E-state index contributed by atoms with van der Waals surface area (Å²) >= 11 is 0. The minimum Gasteiger partial charge on any atom is -0.383 e. The maximum Gasteiger partial charge on any atom is 0.0637 e. The summed E-state index contributed by atoms with van der Waals surface area (Å²) in [4.78, 5) is 6.77. The summed E-state index contributed by atoms with van der Waals surface area (Å²) in [6, 6.07) is 2.79. The summed E-state index contributed by atoms with van der Waals surface area (Å²) < 4.78 is 5.25. The zero-order valence-corrected chi connectivity index (χ0v) is 13.1. The molecule has 2 rings (SSSR count). The Morgan fingerprint density at radius 2 is 2.15 bits per heavy atom. The summed E-state index contributed by atoms with van der Waals surface area (Å²) in [5.74, 6) is 0. The van der Waals surface area contributed by atoms with Crippen LogP contribution in [-0.2, 0) is 11.3 Å². The highest BCUT2D eigenvalue weighted by Gasteiger charge is 2.30. The van der Waals surface area contributed by atoms with Crippen LogP contribution in [0.25, 0.3) is 0 Å². The number of hydrogen-bond donors (Lipinski definition) is 1. The minimum absolute atomic E-state index is 0.123. The summed E-state index contributed by atoms with van der Waals surface area (Å²) in [6.45, 7) is 9.15. The molecule has 0 atom stereocenters. The second-order valence-electron chi connectivity index (χ2n) is 6.53. The van der Waals surface area contributed by atoms with Crippen LogP contribution in [-0.4, -0.2) is 36.8 Å². The molecule has 1 aliphatic carbocycles. The summed E-state index contributed by atoms with van der Waals surface area (Å²) in [7, 11) is 1.76. The van der Waals surface area contributed by atoms with Crippen molar-refractivity contribution in [3.63, 3.8) is 0 Å². The third-order valence-corrected chi connectivity index (χ3v) is 3.53. The molecule has 1 aromatic heterocycles. The molecule has 1 aromatic rings. The van der Waals surface area contributed by atoms with Gasteiger partial charge in [0, 0.05) is 38.0 Å². The molecule has 1 heterocycles. The average Bonchev–Trinajstić information content (AvgIpc) is 3.22. The van der Waals surface area contributed by atoms with E-state index >= 15 is 0 Å². The maximum atomic E-state index is 5.25. The van der Waals surface area contributed by atoms with Gasteiger partial charge in [-0.1, -0.05) is 0 Å². The summed E-state index contributed by atoms with van der Waals surface area (Å²) in [6.07, 6.45) is 6.44. The Kier molecular flexibility index (Phi) is 5.00. The molecule has 0 aromatic carbocycles. The van der Waals surface area contributed by atoms with E-state index in [1.54, 1.807) is 7.11 Å². The molecule has 112 valence electrons. The molecule has 4 nitrogen and oxygen atoms in total. The Hall–Kier alpha value is -1.13. The zero-order valence-electron chi connectivity index (χ0n) is 13.1. The van der Waals surface area contributed by atoms with Gasteiger partial charge in [0.2, 0.25) is 0 Å². The molecule has 0 aliphatic heterocycles. The number of methoxy groups -OCH3 is 1. The summed E-state index contributed by atoms with van der Waals surface area (Å²) in [5.41, 5.74) is 2.69. The van der Waals surface area contributed by atoms with E-state index in [1.807, 2.05) is 12.4 Å². The monoisotopic (exact) mass is 277 g/mol. The normalized spacial score (nSPS) is 15.4. The number of pyridine rings is 1. The first-order valence-corrected chi connectivity index (χ1v) is 7.45. The number of hydrogen-bond acceptors (Lipinski definition) is 4. The standard InChI is InChI=1S/C16H27N3O/c1-16(2,3)18-11-13-7-8-17-12-15(13)19(9-10-20-4)14-5-6-14/h7-8,12,14,18H,5-6,9-11H2,1-4H3. The first kappa shape index (κ1) is 15.3. The van der Waals surface area contributed by atoms with E-state index in [4.69, 9.17) is 4.74 Å². The van der Waals surface area contributed by atoms with E-state index in [0.29, 0.717) is 6.04 Å². The van der Waals surface area contributed by atoms with Crippen molar-refractivity contribution in [1.82, 2.24) is 10.3 Å². The zero-order chi connectivity index (χ0) is 14.6. The van der Waals surface area contributed by atoms with E-state index in [9.17, 15) is 0 Å². The molecule has 4 heteroatoms. The van der Waals surface area contributed by atoms with Crippen LogP contribution in [0.1, 0.15) is 39.2 Å². The van der Waals surface area contributed by atoms with Crippen LogP contribution in [0.4, 0.5) is 5.69 Å². The number of aromatic nitrogens is 1. The van der Waals surface area contributed by atoms with Gasteiger partial charge in [-0.3, -0.25) is 4.98 Å². The molecular formula is C16H27N3O. The number of ether oxygens (including phenoxy) is 1. The third-order valence-electron chi connectivity index (χ3n) is 3.53. The van der Waals surface area contributed by atoms with Gasteiger partial charge in [-0.2, -0.15) is 0 Å². The predicted octanol–water partition coefficient (Wildman–Crippen LogP) is 2.58. The van der Waals surface area contributed by atoms with Gasteiger partial charge in [-0.05, 0) is 45.2 Å². The Balaban J connectivity index is 2.12. The Morgan fingerprint density at radius 3 is 2.75 bits per heavy atom. The van der Waals surface area contributed by atoms with Crippen molar-refractivity contribution >= 4 is 5.69 Å². The lowest BCUT2D eigenvalue weighted by molar-refractivity contribution is 0.205. The average molecular weight is 277 g/mol. The van der Waals surface area contributed by atoms with E-state index in [2.05, 4.69) is 42.0 Å². The fourth-order valence-electron chi connectivity index (χ4n) is 2.26.